The van der Waals surface area contributed by atoms with Crippen LogP contribution in [0.3, 0.4) is 0 Å². The third-order valence-electron chi connectivity index (χ3n) is 3.17. The van der Waals surface area contributed by atoms with Gasteiger partial charge >= 0.3 is 0 Å². The van der Waals surface area contributed by atoms with Gasteiger partial charge in [-0.15, -0.1) is 0 Å². The van der Waals surface area contributed by atoms with Crippen molar-refractivity contribution in [3.05, 3.63) is 29.0 Å². The van der Waals surface area contributed by atoms with Crippen molar-refractivity contribution < 1.29 is 9.29 Å². The molecular formula is C14H22ClFN3S+. The van der Waals surface area contributed by atoms with Crippen molar-refractivity contribution >= 4 is 34.6 Å². The summed E-state index contributed by atoms with van der Waals surface area (Å²) in [6.45, 7) is 8.63. The van der Waals surface area contributed by atoms with Gasteiger partial charge in [-0.2, -0.15) is 0 Å². The molecule has 0 heterocycles. The zero-order valence-electron chi connectivity index (χ0n) is 11.9. The van der Waals surface area contributed by atoms with Gasteiger partial charge in [0, 0.05) is 18.7 Å². The molecule has 0 saturated carbocycles. The van der Waals surface area contributed by atoms with Crippen LogP contribution in [0.2, 0.25) is 5.02 Å². The number of nitrogens with one attached hydrogen (secondary N) is 3. The SMILES string of the molecule is CC[NH+](CC)CCCNC(=S)Nc1ccc(F)c(Cl)c1. The summed E-state index contributed by atoms with van der Waals surface area (Å²) in [7, 11) is 0. The number of thiocarbonyl (C=S) groups is 1. The van der Waals surface area contributed by atoms with Crippen LogP contribution in [0.15, 0.2) is 18.2 Å². The molecule has 0 aliphatic rings. The number of anilines is 1. The molecule has 6 heteroatoms. The van der Waals surface area contributed by atoms with Gasteiger partial charge in [-0.3, -0.25) is 0 Å². The molecule has 0 radical (unpaired) electrons. The van der Waals surface area contributed by atoms with Crippen LogP contribution in [-0.4, -0.2) is 31.3 Å². The van der Waals surface area contributed by atoms with Crippen LogP contribution in [-0.2, 0) is 0 Å². The minimum absolute atomic E-state index is 0.0860. The maximum Gasteiger partial charge on any atom is 0.170 e. The quantitative estimate of drug-likeness (QED) is 0.531. The van der Waals surface area contributed by atoms with Crippen molar-refractivity contribution in [1.29, 1.82) is 0 Å². The predicted octanol–water partition coefficient (Wildman–Crippen LogP) is 2.08. The Hall–Kier alpha value is -0.910. The summed E-state index contributed by atoms with van der Waals surface area (Å²) in [6.07, 6.45) is 1.06. The fourth-order valence-corrected chi connectivity index (χ4v) is 2.29. The first-order chi connectivity index (χ1) is 9.56. The second-order valence-electron chi connectivity index (χ2n) is 4.57. The van der Waals surface area contributed by atoms with Crippen LogP contribution in [0.1, 0.15) is 20.3 Å². The highest BCUT2D eigenvalue weighted by atomic mass is 35.5. The van der Waals surface area contributed by atoms with Crippen LogP contribution in [0, 0.1) is 5.82 Å². The first kappa shape index (κ1) is 17.1. The lowest BCUT2D eigenvalue weighted by atomic mass is 10.3. The molecule has 3 N–H and O–H groups in total. The molecule has 1 aromatic rings. The highest BCUT2D eigenvalue weighted by Crippen LogP contribution is 2.19. The number of hydrogen-bond acceptors (Lipinski definition) is 1. The van der Waals surface area contributed by atoms with Crippen molar-refractivity contribution in [2.45, 2.75) is 20.3 Å². The smallest absolute Gasteiger partial charge is 0.170 e. The van der Waals surface area contributed by atoms with Gasteiger partial charge in [0.15, 0.2) is 5.11 Å². The van der Waals surface area contributed by atoms with Gasteiger partial charge in [-0.05, 0) is 44.3 Å². The normalized spacial score (nSPS) is 10.7. The van der Waals surface area contributed by atoms with Gasteiger partial charge in [0.1, 0.15) is 5.82 Å². The van der Waals surface area contributed by atoms with Crippen molar-refractivity contribution in [2.75, 3.05) is 31.5 Å². The van der Waals surface area contributed by atoms with Gasteiger partial charge in [-0.25, -0.2) is 4.39 Å². The molecule has 1 aromatic carbocycles. The van der Waals surface area contributed by atoms with E-state index in [-0.39, 0.29) is 5.02 Å². The first-order valence-electron chi connectivity index (χ1n) is 6.90. The fraction of sp³-hybridized carbons (Fsp3) is 0.500. The van der Waals surface area contributed by atoms with Gasteiger partial charge < -0.3 is 15.5 Å². The van der Waals surface area contributed by atoms with E-state index < -0.39 is 5.82 Å². The Bertz CT molecular complexity index is 438. The third kappa shape index (κ3) is 6.03. The Labute approximate surface area is 130 Å². The van der Waals surface area contributed by atoms with Crippen molar-refractivity contribution in [1.82, 2.24) is 5.32 Å². The number of quaternary nitrogens is 1. The molecule has 0 saturated heterocycles. The highest BCUT2D eigenvalue weighted by Gasteiger charge is 2.04. The predicted molar refractivity (Wildman–Crippen MR) is 87.2 cm³/mol. The van der Waals surface area contributed by atoms with Crippen LogP contribution >= 0.6 is 23.8 Å². The maximum atomic E-state index is 13.0. The van der Waals surface area contributed by atoms with E-state index in [1.807, 2.05) is 0 Å². The highest BCUT2D eigenvalue weighted by molar-refractivity contribution is 7.80. The molecule has 1 rings (SSSR count). The molecule has 20 heavy (non-hydrogen) atoms. The van der Waals surface area contributed by atoms with Crippen molar-refractivity contribution in [3.8, 4) is 0 Å². The topological polar surface area (TPSA) is 28.5 Å². The second-order valence-corrected chi connectivity index (χ2v) is 5.39. The molecule has 0 aliphatic heterocycles. The van der Waals surface area contributed by atoms with Crippen molar-refractivity contribution in [3.63, 3.8) is 0 Å². The molecule has 0 aromatic heterocycles. The lowest BCUT2D eigenvalue weighted by molar-refractivity contribution is -0.896. The molecule has 0 amide bonds. The van der Waals surface area contributed by atoms with Gasteiger partial charge in [0.25, 0.3) is 0 Å². The molecule has 0 spiro atoms. The molecular weight excluding hydrogens is 297 g/mol. The van der Waals surface area contributed by atoms with Crippen molar-refractivity contribution in [2.24, 2.45) is 0 Å². The number of halogens is 2. The summed E-state index contributed by atoms with van der Waals surface area (Å²) in [5, 5.41) is 6.74. The summed E-state index contributed by atoms with van der Waals surface area (Å²) < 4.78 is 13.0. The molecule has 0 aliphatic carbocycles. The lowest BCUT2D eigenvalue weighted by Gasteiger charge is -2.16. The van der Waals surface area contributed by atoms with Crippen LogP contribution in [0.4, 0.5) is 10.1 Å². The fourth-order valence-electron chi connectivity index (χ4n) is 1.89. The molecule has 0 atom stereocenters. The summed E-state index contributed by atoms with van der Waals surface area (Å²) in [5.41, 5.74) is 0.684. The van der Waals surface area contributed by atoms with E-state index in [4.69, 9.17) is 23.8 Å². The zero-order valence-corrected chi connectivity index (χ0v) is 13.5. The minimum Gasteiger partial charge on any atom is -0.362 e. The largest absolute Gasteiger partial charge is 0.362 e. The Kier molecular flexibility index (Phi) is 7.80. The maximum absolute atomic E-state index is 13.0. The Morgan fingerprint density at radius 1 is 1.35 bits per heavy atom. The lowest BCUT2D eigenvalue weighted by Crippen LogP contribution is -3.11. The van der Waals surface area contributed by atoms with E-state index in [9.17, 15) is 4.39 Å². The van der Waals surface area contributed by atoms with Crippen LogP contribution < -0.4 is 15.5 Å². The van der Waals surface area contributed by atoms with Gasteiger partial charge in [-0.1, -0.05) is 11.6 Å². The van der Waals surface area contributed by atoms with Gasteiger partial charge in [0.2, 0.25) is 0 Å². The summed E-state index contributed by atoms with van der Waals surface area (Å²) in [6, 6.07) is 4.44. The second kappa shape index (κ2) is 9.10. The van der Waals surface area contributed by atoms with E-state index in [0.717, 1.165) is 32.6 Å². The summed E-state index contributed by atoms with van der Waals surface area (Å²) in [5.74, 6) is -0.432. The average molecular weight is 319 g/mol. The van der Waals surface area contributed by atoms with Gasteiger partial charge in [0.05, 0.1) is 24.7 Å². The number of hydrogen-bond donors (Lipinski definition) is 3. The molecule has 0 fully saturated rings. The molecule has 0 bridgehead atoms. The minimum atomic E-state index is -0.432. The third-order valence-corrected chi connectivity index (χ3v) is 3.71. The Balaban J connectivity index is 2.28. The Morgan fingerprint density at radius 3 is 2.65 bits per heavy atom. The van der Waals surface area contributed by atoms with E-state index >= 15 is 0 Å². The van der Waals surface area contributed by atoms with E-state index in [1.165, 1.54) is 12.1 Å². The molecule has 3 nitrogen and oxygen atoms in total. The van der Waals surface area contributed by atoms with E-state index in [1.54, 1.807) is 11.0 Å². The standard InChI is InChI=1S/C14H21ClFN3S/c1-3-19(4-2)9-5-8-17-14(20)18-11-6-7-13(16)12(15)10-11/h6-7,10H,3-5,8-9H2,1-2H3,(H2,17,18,20)/p+1. The number of benzene rings is 1. The molecule has 112 valence electrons. The van der Waals surface area contributed by atoms with Crippen LogP contribution in [0.25, 0.3) is 0 Å². The Morgan fingerprint density at radius 2 is 2.05 bits per heavy atom. The van der Waals surface area contributed by atoms with E-state index in [0.29, 0.717) is 10.8 Å². The summed E-state index contributed by atoms with van der Waals surface area (Å²) in [4.78, 5) is 1.58. The van der Waals surface area contributed by atoms with Crippen LogP contribution in [0.5, 0.6) is 0 Å². The average Bonchev–Trinajstić information content (AvgIpc) is 2.43. The zero-order chi connectivity index (χ0) is 15.0. The van der Waals surface area contributed by atoms with E-state index in [2.05, 4.69) is 24.5 Å². The number of rotatable bonds is 7. The summed E-state index contributed by atoms with van der Waals surface area (Å²) >= 11 is 10.9. The monoisotopic (exact) mass is 318 g/mol. The molecule has 0 unspecified atom stereocenters. The first-order valence-corrected chi connectivity index (χ1v) is 7.68.